The van der Waals surface area contributed by atoms with E-state index in [0.29, 0.717) is 0 Å². The standard InChI is InChI=1S/C45H36N2/c1-2-34-14-9-11-22-44(34)45-23-12-10-17-39(45)33-47(42-20-7-4-8-21-42)43-30-26-37(27-31-43)38-18-13-19-41(32-38)46-40-28-24-36(25-29-40)35-15-5-3-6-16-35/h2-32,46H,1,33H2. The van der Waals surface area contributed by atoms with Crippen molar-refractivity contribution in [2.75, 3.05) is 10.2 Å². The van der Waals surface area contributed by atoms with Gasteiger partial charge in [-0.3, -0.25) is 0 Å². The molecule has 0 heterocycles. The summed E-state index contributed by atoms with van der Waals surface area (Å²) in [6, 6.07) is 64.3. The van der Waals surface area contributed by atoms with E-state index in [-0.39, 0.29) is 0 Å². The number of anilines is 4. The summed E-state index contributed by atoms with van der Waals surface area (Å²) < 4.78 is 0. The van der Waals surface area contributed by atoms with Crippen LogP contribution in [0.2, 0.25) is 0 Å². The molecule has 0 bridgehead atoms. The zero-order valence-corrected chi connectivity index (χ0v) is 26.3. The summed E-state index contributed by atoms with van der Waals surface area (Å²) in [5, 5.41) is 3.58. The molecule has 0 saturated carbocycles. The summed E-state index contributed by atoms with van der Waals surface area (Å²) in [5.41, 5.74) is 14.0. The minimum atomic E-state index is 0.730. The Balaban J connectivity index is 1.14. The Hall–Kier alpha value is -6.12. The first kappa shape index (κ1) is 29.6. The number of hydrogen-bond donors (Lipinski definition) is 1. The number of hydrogen-bond acceptors (Lipinski definition) is 2. The molecule has 7 aromatic rings. The van der Waals surface area contributed by atoms with Crippen molar-refractivity contribution in [2.24, 2.45) is 0 Å². The molecule has 0 aliphatic carbocycles. The van der Waals surface area contributed by atoms with Crippen molar-refractivity contribution in [1.29, 1.82) is 0 Å². The first-order valence-electron chi connectivity index (χ1n) is 16.0. The fourth-order valence-corrected chi connectivity index (χ4v) is 6.10. The minimum absolute atomic E-state index is 0.730. The van der Waals surface area contributed by atoms with Gasteiger partial charge in [-0.1, -0.05) is 146 Å². The van der Waals surface area contributed by atoms with E-state index in [1.54, 1.807) is 0 Å². The van der Waals surface area contributed by atoms with Crippen LogP contribution < -0.4 is 10.2 Å². The molecule has 0 aromatic heterocycles. The van der Waals surface area contributed by atoms with Crippen LogP contribution in [-0.2, 0) is 6.54 Å². The van der Waals surface area contributed by atoms with Crippen molar-refractivity contribution in [3.8, 4) is 33.4 Å². The SMILES string of the molecule is C=Cc1ccccc1-c1ccccc1CN(c1ccccc1)c1ccc(-c2cccc(Nc3ccc(-c4ccccc4)cc3)c2)cc1. The Morgan fingerprint density at radius 2 is 1.00 bits per heavy atom. The van der Waals surface area contributed by atoms with Crippen molar-refractivity contribution in [3.05, 3.63) is 200 Å². The third-order valence-electron chi connectivity index (χ3n) is 8.54. The quantitative estimate of drug-likeness (QED) is 0.167. The van der Waals surface area contributed by atoms with Crippen LogP contribution in [0.3, 0.4) is 0 Å². The third kappa shape index (κ3) is 6.78. The molecular weight excluding hydrogens is 569 g/mol. The van der Waals surface area contributed by atoms with Crippen LogP contribution in [0, 0.1) is 0 Å². The van der Waals surface area contributed by atoms with Gasteiger partial charge < -0.3 is 10.2 Å². The molecule has 2 nitrogen and oxygen atoms in total. The number of rotatable bonds is 10. The van der Waals surface area contributed by atoms with Gasteiger partial charge in [-0.15, -0.1) is 0 Å². The number of nitrogens with zero attached hydrogens (tertiary/aromatic N) is 1. The van der Waals surface area contributed by atoms with Crippen LogP contribution in [0.15, 0.2) is 189 Å². The lowest BCUT2D eigenvalue weighted by atomic mass is 9.95. The second kappa shape index (κ2) is 13.9. The summed E-state index contributed by atoms with van der Waals surface area (Å²) >= 11 is 0. The van der Waals surface area contributed by atoms with E-state index in [4.69, 9.17) is 0 Å². The predicted octanol–water partition coefficient (Wildman–Crippen LogP) is 12.4. The van der Waals surface area contributed by atoms with Gasteiger partial charge in [0, 0.05) is 29.3 Å². The Morgan fingerprint density at radius 3 is 1.74 bits per heavy atom. The van der Waals surface area contributed by atoms with E-state index >= 15 is 0 Å². The van der Waals surface area contributed by atoms with Gasteiger partial charge in [-0.25, -0.2) is 0 Å². The van der Waals surface area contributed by atoms with Crippen molar-refractivity contribution < 1.29 is 0 Å². The highest BCUT2D eigenvalue weighted by molar-refractivity contribution is 5.79. The van der Waals surface area contributed by atoms with Crippen LogP contribution in [-0.4, -0.2) is 0 Å². The molecule has 0 fully saturated rings. The molecule has 2 heteroatoms. The van der Waals surface area contributed by atoms with Crippen molar-refractivity contribution in [2.45, 2.75) is 6.54 Å². The number of para-hydroxylation sites is 1. The van der Waals surface area contributed by atoms with E-state index in [1.807, 2.05) is 12.1 Å². The monoisotopic (exact) mass is 604 g/mol. The Morgan fingerprint density at radius 1 is 0.447 bits per heavy atom. The molecule has 7 aromatic carbocycles. The van der Waals surface area contributed by atoms with Crippen LogP contribution in [0.25, 0.3) is 39.5 Å². The first-order valence-corrected chi connectivity index (χ1v) is 16.0. The average Bonchev–Trinajstić information content (AvgIpc) is 3.15. The molecule has 226 valence electrons. The molecule has 7 rings (SSSR count). The van der Waals surface area contributed by atoms with Gasteiger partial charge in [-0.2, -0.15) is 0 Å². The molecule has 0 saturated heterocycles. The van der Waals surface area contributed by atoms with Crippen LogP contribution in [0.5, 0.6) is 0 Å². The van der Waals surface area contributed by atoms with Crippen LogP contribution in [0.4, 0.5) is 22.7 Å². The van der Waals surface area contributed by atoms with E-state index in [0.717, 1.165) is 34.9 Å². The van der Waals surface area contributed by atoms with Crippen LogP contribution >= 0.6 is 0 Å². The van der Waals surface area contributed by atoms with Crippen molar-refractivity contribution in [3.63, 3.8) is 0 Å². The molecular formula is C45H36N2. The largest absolute Gasteiger partial charge is 0.356 e. The number of nitrogens with one attached hydrogen (secondary N) is 1. The predicted molar refractivity (Wildman–Crippen MR) is 201 cm³/mol. The Labute approximate surface area is 277 Å². The van der Waals surface area contributed by atoms with Gasteiger partial charge in [0.15, 0.2) is 0 Å². The van der Waals surface area contributed by atoms with Crippen molar-refractivity contribution in [1.82, 2.24) is 0 Å². The smallest absolute Gasteiger partial charge is 0.0487 e. The fraction of sp³-hybridized carbons (Fsp3) is 0.0222. The summed E-state index contributed by atoms with van der Waals surface area (Å²) in [4.78, 5) is 2.39. The van der Waals surface area contributed by atoms with Gasteiger partial charge in [-0.05, 0) is 93.0 Å². The van der Waals surface area contributed by atoms with Gasteiger partial charge in [0.25, 0.3) is 0 Å². The first-order chi connectivity index (χ1) is 23.2. The van der Waals surface area contributed by atoms with Crippen LogP contribution in [0.1, 0.15) is 11.1 Å². The molecule has 0 aliphatic heterocycles. The van der Waals surface area contributed by atoms with Gasteiger partial charge in [0.1, 0.15) is 0 Å². The highest BCUT2D eigenvalue weighted by Gasteiger charge is 2.15. The zero-order chi connectivity index (χ0) is 31.8. The lowest BCUT2D eigenvalue weighted by Gasteiger charge is -2.27. The highest BCUT2D eigenvalue weighted by atomic mass is 15.1. The number of benzene rings is 7. The lowest BCUT2D eigenvalue weighted by Crippen LogP contribution is -2.17. The summed E-state index contributed by atoms with van der Waals surface area (Å²) in [7, 11) is 0. The Bertz CT molecular complexity index is 2080. The van der Waals surface area contributed by atoms with E-state index in [9.17, 15) is 0 Å². The minimum Gasteiger partial charge on any atom is -0.356 e. The maximum atomic E-state index is 4.06. The molecule has 0 unspecified atom stereocenters. The molecule has 0 aliphatic rings. The average molecular weight is 605 g/mol. The van der Waals surface area contributed by atoms with Gasteiger partial charge in [0.05, 0.1) is 0 Å². The molecule has 47 heavy (non-hydrogen) atoms. The molecule has 0 spiro atoms. The second-order valence-corrected chi connectivity index (χ2v) is 11.6. The second-order valence-electron chi connectivity index (χ2n) is 11.6. The van der Waals surface area contributed by atoms with E-state index in [2.05, 4.69) is 193 Å². The topological polar surface area (TPSA) is 15.3 Å². The molecule has 1 N–H and O–H groups in total. The molecule has 0 radical (unpaired) electrons. The van der Waals surface area contributed by atoms with E-state index < -0.39 is 0 Å². The van der Waals surface area contributed by atoms with Gasteiger partial charge in [0.2, 0.25) is 0 Å². The zero-order valence-electron chi connectivity index (χ0n) is 26.3. The molecule has 0 atom stereocenters. The summed E-state index contributed by atoms with van der Waals surface area (Å²) in [6.07, 6.45) is 1.94. The normalized spacial score (nSPS) is 10.7. The van der Waals surface area contributed by atoms with E-state index in [1.165, 1.54) is 38.9 Å². The lowest BCUT2D eigenvalue weighted by molar-refractivity contribution is 0.977. The fourth-order valence-electron chi connectivity index (χ4n) is 6.10. The Kier molecular flexibility index (Phi) is 8.74. The highest BCUT2D eigenvalue weighted by Crippen LogP contribution is 2.35. The maximum Gasteiger partial charge on any atom is 0.0487 e. The molecule has 0 amide bonds. The van der Waals surface area contributed by atoms with Crippen molar-refractivity contribution >= 4 is 28.8 Å². The van der Waals surface area contributed by atoms with Gasteiger partial charge >= 0.3 is 0 Å². The maximum absolute atomic E-state index is 4.06. The summed E-state index contributed by atoms with van der Waals surface area (Å²) in [5.74, 6) is 0. The summed E-state index contributed by atoms with van der Waals surface area (Å²) in [6.45, 7) is 4.79. The third-order valence-corrected chi connectivity index (χ3v) is 8.54.